The summed E-state index contributed by atoms with van der Waals surface area (Å²) in [4.78, 5) is 6.54. The molecule has 23 heavy (non-hydrogen) atoms. The molecule has 2 rings (SSSR count). The molecular formula is C19H29N3O. The van der Waals surface area contributed by atoms with Gasteiger partial charge in [-0.2, -0.15) is 0 Å². The van der Waals surface area contributed by atoms with E-state index in [1.165, 1.54) is 12.0 Å². The van der Waals surface area contributed by atoms with Crippen LogP contribution in [0, 0.1) is 0 Å². The van der Waals surface area contributed by atoms with Crippen molar-refractivity contribution in [3.8, 4) is 0 Å². The Balaban J connectivity index is 2.12. The molecule has 126 valence electrons. The molecule has 0 radical (unpaired) electrons. The second-order valence-corrected chi connectivity index (χ2v) is 6.18. The highest BCUT2D eigenvalue weighted by Crippen LogP contribution is 2.26. The monoisotopic (exact) mass is 315 g/mol. The summed E-state index contributed by atoms with van der Waals surface area (Å²) in [5.74, 6) is 0. The van der Waals surface area contributed by atoms with Crippen LogP contribution in [0.15, 0.2) is 42.9 Å². The van der Waals surface area contributed by atoms with E-state index in [2.05, 4.69) is 59.7 Å². The number of nitrogens with zero attached hydrogens (tertiary/aromatic N) is 3. The molecule has 0 fully saturated rings. The average Bonchev–Trinajstić information content (AvgIpc) is 3.01. The van der Waals surface area contributed by atoms with Gasteiger partial charge in [0.2, 0.25) is 0 Å². The number of aromatic nitrogens is 2. The maximum Gasteiger partial charge on any atom is 0.124 e. The summed E-state index contributed by atoms with van der Waals surface area (Å²) >= 11 is 0. The van der Waals surface area contributed by atoms with Crippen molar-refractivity contribution in [2.45, 2.75) is 38.8 Å². The molecule has 4 heteroatoms. The molecule has 0 saturated carbocycles. The maximum atomic E-state index is 6.26. The summed E-state index contributed by atoms with van der Waals surface area (Å²) in [6.07, 6.45) is 7.18. The Morgan fingerprint density at radius 2 is 1.96 bits per heavy atom. The van der Waals surface area contributed by atoms with Crippen LogP contribution in [0.3, 0.4) is 0 Å². The zero-order chi connectivity index (χ0) is 16.5. The van der Waals surface area contributed by atoms with Crippen LogP contribution >= 0.6 is 0 Å². The van der Waals surface area contributed by atoms with Gasteiger partial charge in [-0.05, 0) is 39.0 Å². The summed E-state index contributed by atoms with van der Waals surface area (Å²) < 4.78 is 8.49. The van der Waals surface area contributed by atoms with Gasteiger partial charge < -0.3 is 14.2 Å². The van der Waals surface area contributed by atoms with Gasteiger partial charge in [0, 0.05) is 13.2 Å². The topological polar surface area (TPSA) is 30.3 Å². The van der Waals surface area contributed by atoms with Gasteiger partial charge in [-0.25, -0.2) is 4.98 Å². The Labute approximate surface area is 140 Å². The van der Waals surface area contributed by atoms with Crippen LogP contribution in [0.5, 0.6) is 0 Å². The lowest BCUT2D eigenvalue weighted by Crippen LogP contribution is -2.17. The lowest BCUT2D eigenvalue weighted by atomic mass is 10.1. The first kappa shape index (κ1) is 17.7. The summed E-state index contributed by atoms with van der Waals surface area (Å²) in [5, 5.41) is 0. The number of rotatable bonds is 10. The van der Waals surface area contributed by atoms with E-state index in [9.17, 15) is 0 Å². The van der Waals surface area contributed by atoms with Crippen molar-refractivity contribution in [2.75, 3.05) is 27.2 Å². The Morgan fingerprint density at radius 1 is 1.17 bits per heavy atom. The van der Waals surface area contributed by atoms with Crippen molar-refractivity contribution in [3.05, 3.63) is 54.1 Å². The van der Waals surface area contributed by atoms with Crippen molar-refractivity contribution in [3.63, 3.8) is 0 Å². The normalized spacial score (nSPS) is 12.7. The quantitative estimate of drug-likeness (QED) is 0.626. The second-order valence-electron chi connectivity index (χ2n) is 6.18. The van der Waals surface area contributed by atoms with Crippen LogP contribution in [-0.2, 0) is 11.3 Å². The van der Waals surface area contributed by atoms with Crippen LogP contribution in [-0.4, -0.2) is 41.7 Å². The van der Waals surface area contributed by atoms with Gasteiger partial charge in [0.15, 0.2) is 0 Å². The van der Waals surface area contributed by atoms with Crippen molar-refractivity contribution in [1.29, 1.82) is 0 Å². The van der Waals surface area contributed by atoms with Crippen LogP contribution in [0.25, 0.3) is 0 Å². The van der Waals surface area contributed by atoms with Gasteiger partial charge in [0.05, 0.1) is 18.2 Å². The minimum Gasteiger partial charge on any atom is -0.367 e. The average molecular weight is 315 g/mol. The van der Waals surface area contributed by atoms with Gasteiger partial charge in [-0.1, -0.05) is 43.7 Å². The highest BCUT2D eigenvalue weighted by atomic mass is 16.5. The predicted octanol–water partition coefficient (Wildman–Crippen LogP) is 3.74. The maximum absolute atomic E-state index is 6.26. The van der Waals surface area contributed by atoms with E-state index in [-0.39, 0.29) is 6.10 Å². The smallest absolute Gasteiger partial charge is 0.124 e. The van der Waals surface area contributed by atoms with Crippen molar-refractivity contribution in [1.82, 2.24) is 14.5 Å². The Bertz CT molecular complexity index is 551. The fourth-order valence-corrected chi connectivity index (χ4v) is 2.63. The highest BCUT2D eigenvalue weighted by molar-refractivity contribution is 5.25. The Hall–Kier alpha value is -1.65. The third kappa shape index (κ3) is 5.48. The van der Waals surface area contributed by atoms with Gasteiger partial charge in [0.1, 0.15) is 6.10 Å². The van der Waals surface area contributed by atoms with Crippen molar-refractivity contribution < 1.29 is 4.74 Å². The lowest BCUT2D eigenvalue weighted by Gasteiger charge is -2.21. The summed E-state index contributed by atoms with van der Waals surface area (Å²) in [7, 11) is 4.18. The number of imidazole rings is 1. The molecule has 1 aromatic carbocycles. The summed E-state index contributed by atoms with van der Waals surface area (Å²) in [5.41, 5.74) is 2.34. The van der Waals surface area contributed by atoms with Crippen LogP contribution in [0.1, 0.15) is 43.5 Å². The zero-order valence-electron chi connectivity index (χ0n) is 14.6. The third-order valence-corrected chi connectivity index (χ3v) is 3.90. The fourth-order valence-electron chi connectivity index (χ4n) is 2.63. The zero-order valence-corrected chi connectivity index (χ0v) is 14.6. The van der Waals surface area contributed by atoms with E-state index in [4.69, 9.17) is 4.74 Å². The highest BCUT2D eigenvalue weighted by Gasteiger charge is 2.18. The molecule has 0 aliphatic rings. The Kier molecular flexibility index (Phi) is 7.30. The number of benzene rings is 1. The Morgan fingerprint density at radius 3 is 2.65 bits per heavy atom. The van der Waals surface area contributed by atoms with Crippen LogP contribution in [0.2, 0.25) is 0 Å². The molecular weight excluding hydrogens is 286 g/mol. The molecule has 1 unspecified atom stereocenters. The predicted molar refractivity (Wildman–Crippen MR) is 94.5 cm³/mol. The number of aryl methyl sites for hydroxylation is 1. The van der Waals surface area contributed by atoms with Gasteiger partial charge in [-0.3, -0.25) is 0 Å². The van der Waals surface area contributed by atoms with E-state index < -0.39 is 0 Å². The summed E-state index contributed by atoms with van der Waals surface area (Å²) in [6.45, 7) is 4.99. The molecule has 1 aromatic heterocycles. The van der Waals surface area contributed by atoms with E-state index >= 15 is 0 Å². The second kappa shape index (κ2) is 9.48. The van der Waals surface area contributed by atoms with Gasteiger partial charge in [0.25, 0.3) is 0 Å². The molecule has 0 amide bonds. The number of hydrogen-bond acceptors (Lipinski definition) is 3. The molecule has 0 spiro atoms. The number of hydrogen-bond donors (Lipinski definition) is 0. The molecule has 2 aromatic rings. The van der Waals surface area contributed by atoms with Gasteiger partial charge in [-0.15, -0.1) is 0 Å². The van der Waals surface area contributed by atoms with E-state index in [1.807, 2.05) is 18.6 Å². The van der Waals surface area contributed by atoms with Crippen LogP contribution in [0.4, 0.5) is 0 Å². The molecule has 4 nitrogen and oxygen atoms in total. The summed E-state index contributed by atoms with van der Waals surface area (Å²) in [6, 6.07) is 10.4. The lowest BCUT2D eigenvalue weighted by molar-refractivity contribution is 0.0693. The first-order valence-corrected chi connectivity index (χ1v) is 8.53. The minimum absolute atomic E-state index is 0.0438. The van der Waals surface area contributed by atoms with E-state index in [0.717, 1.165) is 38.2 Å². The number of unbranched alkanes of at least 4 members (excludes halogenated alkanes) is 1. The molecule has 0 saturated heterocycles. The molecule has 1 atom stereocenters. The van der Waals surface area contributed by atoms with E-state index in [0.29, 0.717) is 0 Å². The van der Waals surface area contributed by atoms with Crippen molar-refractivity contribution in [2.24, 2.45) is 0 Å². The molecule has 0 N–H and O–H groups in total. The number of ether oxygens (including phenoxy) is 1. The standard InChI is InChI=1S/C19H29N3O/c1-4-5-13-22-16-20-15-18(22)19(17-10-7-6-8-11-17)23-14-9-12-21(2)3/h6-8,10-11,15-16,19H,4-5,9,12-14H2,1-3H3. The molecule has 0 aliphatic heterocycles. The first-order valence-electron chi connectivity index (χ1n) is 8.53. The first-order chi connectivity index (χ1) is 11.2. The molecule has 0 bridgehead atoms. The fraction of sp³-hybridized carbons (Fsp3) is 0.526. The van der Waals surface area contributed by atoms with E-state index in [1.54, 1.807) is 0 Å². The molecule has 1 heterocycles. The SMILES string of the molecule is CCCCn1cncc1C(OCCCN(C)C)c1ccccc1. The van der Waals surface area contributed by atoms with Gasteiger partial charge >= 0.3 is 0 Å². The largest absolute Gasteiger partial charge is 0.367 e. The van der Waals surface area contributed by atoms with Crippen LogP contribution < -0.4 is 0 Å². The van der Waals surface area contributed by atoms with Crippen molar-refractivity contribution >= 4 is 0 Å². The minimum atomic E-state index is -0.0438. The third-order valence-electron chi connectivity index (χ3n) is 3.90. The molecule has 0 aliphatic carbocycles.